The van der Waals surface area contributed by atoms with E-state index < -0.39 is 11.7 Å². The molecule has 0 bridgehead atoms. The van der Waals surface area contributed by atoms with Crippen molar-refractivity contribution in [2.75, 3.05) is 11.9 Å². The normalized spacial score (nSPS) is 18.2. The topological polar surface area (TPSA) is 67.9 Å². The van der Waals surface area contributed by atoms with Gasteiger partial charge in [-0.25, -0.2) is 9.18 Å². The first kappa shape index (κ1) is 21.9. The van der Waals surface area contributed by atoms with Crippen LogP contribution in [0.5, 0.6) is 0 Å². The fraction of sp³-hybridized carbons (Fsp3) is 0.391. The van der Waals surface area contributed by atoms with Gasteiger partial charge in [0.15, 0.2) is 0 Å². The molecule has 1 heterocycles. The number of nitrogens with one attached hydrogen (secondary N) is 1. The third kappa shape index (κ3) is 5.04. The van der Waals surface area contributed by atoms with Gasteiger partial charge >= 0.3 is 5.97 Å². The van der Waals surface area contributed by atoms with Crippen molar-refractivity contribution in [3.63, 3.8) is 0 Å². The molecule has 1 aliphatic rings. The molecule has 1 N–H and O–H groups in total. The number of carbonyl (C=O) groups excluding carboxylic acids is 2. The molecule has 3 rings (SSSR count). The van der Waals surface area contributed by atoms with Crippen LogP contribution >= 0.6 is 0 Å². The number of nitrogens with zero attached hydrogens (tertiary/aromatic N) is 1. The molecule has 0 saturated carbocycles. The van der Waals surface area contributed by atoms with E-state index in [1.807, 2.05) is 19.9 Å². The van der Waals surface area contributed by atoms with E-state index in [4.69, 9.17) is 9.57 Å². The first-order valence-electron chi connectivity index (χ1n) is 9.94. The van der Waals surface area contributed by atoms with Crippen LogP contribution in [0.3, 0.4) is 0 Å². The number of carbonyl (C=O) groups is 2. The molecular weight excluding hydrogens is 387 g/mol. The lowest BCUT2D eigenvalue weighted by Gasteiger charge is -2.31. The monoisotopic (exact) mass is 414 g/mol. The molecule has 0 radical (unpaired) electrons. The molecule has 1 unspecified atom stereocenters. The molecule has 1 atom stereocenters. The van der Waals surface area contributed by atoms with Gasteiger partial charge in [0.05, 0.1) is 18.2 Å². The van der Waals surface area contributed by atoms with Crippen LogP contribution in [0.15, 0.2) is 42.5 Å². The van der Waals surface area contributed by atoms with Crippen molar-refractivity contribution in [3.05, 3.63) is 65.0 Å². The van der Waals surface area contributed by atoms with Crippen LogP contribution in [0, 0.1) is 12.7 Å². The quantitative estimate of drug-likeness (QED) is 0.766. The van der Waals surface area contributed by atoms with Crippen LogP contribution in [-0.4, -0.2) is 35.3 Å². The molecule has 0 aliphatic carbocycles. The van der Waals surface area contributed by atoms with Crippen LogP contribution in [0.1, 0.15) is 48.7 Å². The molecule has 2 aromatic carbocycles. The van der Waals surface area contributed by atoms with Crippen LogP contribution in [0.2, 0.25) is 0 Å². The molecular formula is C23H27FN2O4. The second kappa shape index (κ2) is 8.93. The SMILES string of the molecule is CC(=O)Nc1cc(F)c(C)c(CCC2COC(C)(C)N2OC(=O)c2ccccc2)c1. The Labute approximate surface area is 175 Å². The van der Waals surface area contributed by atoms with Crippen LogP contribution in [0.4, 0.5) is 10.1 Å². The fourth-order valence-electron chi connectivity index (χ4n) is 3.57. The third-order valence-corrected chi connectivity index (χ3v) is 5.20. The van der Waals surface area contributed by atoms with Gasteiger partial charge in [0.2, 0.25) is 5.91 Å². The number of rotatable bonds is 6. The second-order valence-corrected chi connectivity index (χ2v) is 7.94. The number of anilines is 1. The molecule has 2 aromatic rings. The van der Waals surface area contributed by atoms with Crippen LogP contribution in [0.25, 0.3) is 0 Å². The summed E-state index contributed by atoms with van der Waals surface area (Å²) in [7, 11) is 0. The summed E-state index contributed by atoms with van der Waals surface area (Å²) in [5.41, 5.74) is 1.44. The van der Waals surface area contributed by atoms with Crippen LogP contribution < -0.4 is 5.32 Å². The highest BCUT2D eigenvalue weighted by molar-refractivity contribution is 5.89. The number of hydrogen-bond acceptors (Lipinski definition) is 5. The predicted octanol–water partition coefficient (Wildman–Crippen LogP) is 4.23. The molecule has 160 valence electrons. The van der Waals surface area contributed by atoms with E-state index in [2.05, 4.69) is 5.32 Å². The van der Waals surface area contributed by atoms with E-state index in [1.54, 1.807) is 42.3 Å². The van der Waals surface area contributed by atoms with Crippen molar-refractivity contribution in [2.45, 2.75) is 52.3 Å². The van der Waals surface area contributed by atoms with E-state index in [9.17, 15) is 14.0 Å². The van der Waals surface area contributed by atoms with Gasteiger partial charge in [-0.1, -0.05) is 18.2 Å². The van der Waals surface area contributed by atoms with Crippen molar-refractivity contribution in [1.82, 2.24) is 5.06 Å². The van der Waals surface area contributed by atoms with E-state index >= 15 is 0 Å². The molecule has 7 heteroatoms. The average Bonchev–Trinajstić information content (AvgIpc) is 2.97. The van der Waals surface area contributed by atoms with Gasteiger partial charge in [0.25, 0.3) is 0 Å². The fourth-order valence-corrected chi connectivity index (χ4v) is 3.57. The smallest absolute Gasteiger partial charge is 0.357 e. The van der Waals surface area contributed by atoms with E-state index in [0.717, 1.165) is 5.56 Å². The van der Waals surface area contributed by atoms with Crippen molar-refractivity contribution in [1.29, 1.82) is 0 Å². The maximum atomic E-state index is 14.3. The average molecular weight is 414 g/mol. The maximum Gasteiger partial charge on any atom is 0.357 e. The highest BCUT2D eigenvalue weighted by Crippen LogP contribution is 2.31. The molecule has 1 saturated heterocycles. The summed E-state index contributed by atoms with van der Waals surface area (Å²) >= 11 is 0. The highest BCUT2D eigenvalue weighted by Gasteiger charge is 2.43. The minimum atomic E-state index is -0.770. The van der Waals surface area contributed by atoms with Gasteiger partial charge in [-0.05, 0) is 69.0 Å². The van der Waals surface area contributed by atoms with Crippen molar-refractivity contribution < 1.29 is 23.6 Å². The largest absolute Gasteiger partial charge is 0.361 e. The molecule has 30 heavy (non-hydrogen) atoms. The number of hydroxylamine groups is 2. The Morgan fingerprint density at radius 3 is 2.63 bits per heavy atom. The van der Waals surface area contributed by atoms with Crippen molar-refractivity contribution >= 4 is 17.6 Å². The Hall–Kier alpha value is -2.77. The zero-order valence-corrected chi connectivity index (χ0v) is 17.7. The van der Waals surface area contributed by atoms with Gasteiger partial charge in [-0.3, -0.25) is 4.79 Å². The number of ether oxygens (including phenoxy) is 1. The Morgan fingerprint density at radius 1 is 1.27 bits per heavy atom. The van der Waals surface area contributed by atoms with Gasteiger partial charge < -0.3 is 14.9 Å². The summed E-state index contributed by atoms with van der Waals surface area (Å²) in [5, 5.41) is 4.21. The molecule has 0 aromatic heterocycles. The van der Waals surface area contributed by atoms with Crippen LogP contribution in [-0.2, 0) is 20.8 Å². The number of aryl methyl sites for hydroxylation is 1. The number of amides is 1. The lowest BCUT2D eigenvalue weighted by molar-refractivity contribution is -0.219. The molecule has 1 fully saturated rings. The minimum Gasteiger partial charge on any atom is -0.361 e. The van der Waals surface area contributed by atoms with Crippen molar-refractivity contribution in [2.24, 2.45) is 0 Å². The van der Waals surface area contributed by atoms with Crippen molar-refractivity contribution in [3.8, 4) is 0 Å². The molecule has 1 amide bonds. The number of benzene rings is 2. The minimum absolute atomic E-state index is 0.181. The lowest BCUT2D eigenvalue weighted by atomic mass is 9.99. The Kier molecular flexibility index (Phi) is 6.53. The lowest BCUT2D eigenvalue weighted by Crippen LogP contribution is -2.45. The van der Waals surface area contributed by atoms with Gasteiger partial charge in [0, 0.05) is 12.6 Å². The molecule has 1 aliphatic heterocycles. The zero-order valence-electron chi connectivity index (χ0n) is 17.7. The maximum absolute atomic E-state index is 14.3. The first-order valence-corrected chi connectivity index (χ1v) is 9.94. The van der Waals surface area contributed by atoms with E-state index in [0.29, 0.717) is 36.3 Å². The Morgan fingerprint density at radius 2 is 1.97 bits per heavy atom. The molecule has 0 spiro atoms. The highest BCUT2D eigenvalue weighted by atomic mass is 19.1. The van der Waals surface area contributed by atoms with Gasteiger partial charge in [0.1, 0.15) is 11.5 Å². The summed E-state index contributed by atoms with van der Waals surface area (Å²) in [4.78, 5) is 29.5. The standard InChI is InChI=1S/C23H27FN2O4/c1-15-18(12-19(13-21(15)24)25-16(2)27)10-11-20-14-29-23(3,4)26(20)30-22(28)17-8-6-5-7-9-17/h5-9,12-13,20H,10-11,14H2,1-4H3,(H,25,27). The second-order valence-electron chi connectivity index (χ2n) is 7.94. The summed E-state index contributed by atoms with van der Waals surface area (Å²) in [6.07, 6.45) is 1.13. The summed E-state index contributed by atoms with van der Waals surface area (Å²) < 4.78 is 20.1. The zero-order chi connectivity index (χ0) is 21.9. The first-order chi connectivity index (χ1) is 14.2. The number of hydrogen-bond donors (Lipinski definition) is 1. The van der Waals surface area contributed by atoms with Gasteiger partial charge in [-0.15, -0.1) is 5.06 Å². The summed E-state index contributed by atoms with van der Waals surface area (Å²) in [6, 6.07) is 11.7. The predicted molar refractivity (Wildman–Crippen MR) is 111 cm³/mol. The Balaban J connectivity index is 1.73. The summed E-state index contributed by atoms with van der Waals surface area (Å²) in [5.74, 6) is -1.07. The van der Waals surface area contributed by atoms with Gasteiger partial charge in [-0.2, -0.15) is 0 Å². The number of halogens is 1. The van der Waals surface area contributed by atoms with E-state index in [1.165, 1.54) is 13.0 Å². The Bertz CT molecular complexity index is 930. The summed E-state index contributed by atoms with van der Waals surface area (Å²) in [6.45, 7) is 7.17. The van der Waals surface area contributed by atoms with E-state index in [-0.39, 0.29) is 17.8 Å². The molecule has 6 nitrogen and oxygen atoms in total. The third-order valence-electron chi connectivity index (χ3n) is 5.20.